The highest BCUT2D eigenvalue weighted by atomic mass is 19.4. The quantitative estimate of drug-likeness (QED) is 0.502. The van der Waals surface area contributed by atoms with Gasteiger partial charge in [-0.15, -0.1) is 0 Å². The van der Waals surface area contributed by atoms with Gasteiger partial charge in [0.25, 0.3) is 0 Å². The maximum Gasteiger partial charge on any atom is 0.416 e. The monoisotopic (exact) mass is 515 g/mol. The number of dihydropyridines is 1. The highest BCUT2D eigenvalue weighted by Crippen LogP contribution is 2.47. The third kappa shape index (κ3) is 5.08. The average Bonchev–Trinajstić information content (AvgIpc) is 2.86. The summed E-state index contributed by atoms with van der Waals surface area (Å²) in [5, 5.41) is 3.23. The molecule has 196 valence electrons. The molecular formula is C28H28F3NO5. The molecule has 0 amide bonds. The number of halogens is 3. The summed E-state index contributed by atoms with van der Waals surface area (Å²) in [6.45, 7) is 3.50. The van der Waals surface area contributed by atoms with Crippen molar-refractivity contribution in [2.45, 2.75) is 44.7 Å². The first-order chi connectivity index (χ1) is 17.6. The van der Waals surface area contributed by atoms with Crippen LogP contribution in [0.1, 0.15) is 55.2 Å². The first-order valence-electron chi connectivity index (χ1n) is 11.9. The van der Waals surface area contributed by atoms with E-state index in [-0.39, 0.29) is 30.3 Å². The molecule has 4 rings (SSSR count). The van der Waals surface area contributed by atoms with E-state index < -0.39 is 23.6 Å². The van der Waals surface area contributed by atoms with Crippen LogP contribution in [0.3, 0.4) is 0 Å². The molecule has 0 saturated carbocycles. The van der Waals surface area contributed by atoms with E-state index in [9.17, 15) is 22.8 Å². The minimum absolute atomic E-state index is 0.122. The third-order valence-electron chi connectivity index (χ3n) is 6.77. The lowest BCUT2D eigenvalue weighted by Crippen LogP contribution is -2.36. The van der Waals surface area contributed by atoms with Gasteiger partial charge < -0.3 is 19.5 Å². The van der Waals surface area contributed by atoms with Crippen molar-refractivity contribution in [2.24, 2.45) is 0 Å². The maximum absolute atomic E-state index is 13.6. The molecule has 1 aliphatic heterocycles. The molecule has 37 heavy (non-hydrogen) atoms. The number of carbonyl (C=O) groups excluding carboxylic acids is 2. The van der Waals surface area contributed by atoms with E-state index in [1.54, 1.807) is 27.0 Å². The Labute approximate surface area is 213 Å². The fourth-order valence-corrected chi connectivity index (χ4v) is 5.06. The van der Waals surface area contributed by atoms with Crippen molar-refractivity contribution in [1.29, 1.82) is 0 Å². The number of Topliss-reactive ketones (excluding diaryl/α,β-unsaturated/α-hetero) is 1. The largest absolute Gasteiger partial charge is 0.493 e. The number of hydrogen-bond donors (Lipinski definition) is 1. The van der Waals surface area contributed by atoms with Gasteiger partial charge in [0.2, 0.25) is 0 Å². The smallest absolute Gasteiger partial charge is 0.416 e. The van der Waals surface area contributed by atoms with Crippen molar-refractivity contribution in [3.63, 3.8) is 0 Å². The van der Waals surface area contributed by atoms with Gasteiger partial charge >= 0.3 is 12.1 Å². The second-order valence-electron chi connectivity index (χ2n) is 8.97. The van der Waals surface area contributed by atoms with Crippen LogP contribution in [0, 0.1) is 0 Å². The van der Waals surface area contributed by atoms with Gasteiger partial charge in [0, 0.05) is 29.3 Å². The van der Waals surface area contributed by atoms with Crippen molar-refractivity contribution in [1.82, 2.24) is 5.32 Å². The zero-order chi connectivity index (χ0) is 26.9. The predicted octanol–water partition coefficient (Wildman–Crippen LogP) is 5.65. The Morgan fingerprint density at radius 2 is 1.65 bits per heavy atom. The molecule has 2 unspecified atom stereocenters. The molecule has 2 atom stereocenters. The first-order valence-corrected chi connectivity index (χ1v) is 11.9. The van der Waals surface area contributed by atoms with Gasteiger partial charge in [-0.3, -0.25) is 4.79 Å². The van der Waals surface area contributed by atoms with Crippen LogP contribution in [0.4, 0.5) is 13.2 Å². The van der Waals surface area contributed by atoms with Crippen LogP contribution in [0.5, 0.6) is 11.5 Å². The van der Waals surface area contributed by atoms with E-state index in [1.165, 1.54) is 19.2 Å². The van der Waals surface area contributed by atoms with E-state index in [2.05, 4.69) is 5.32 Å². The fraction of sp³-hybridized carbons (Fsp3) is 0.357. The number of allylic oxidation sites excluding steroid dienone is 3. The molecule has 2 aromatic carbocycles. The van der Waals surface area contributed by atoms with Gasteiger partial charge in [-0.1, -0.05) is 18.2 Å². The van der Waals surface area contributed by atoms with Crippen molar-refractivity contribution in [3.8, 4) is 11.5 Å². The number of carbonyl (C=O) groups is 2. The molecule has 0 bridgehead atoms. The van der Waals surface area contributed by atoms with Gasteiger partial charge in [-0.2, -0.15) is 13.2 Å². The number of rotatable bonds is 6. The number of hydrogen-bond acceptors (Lipinski definition) is 6. The Morgan fingerprint density at radius 1 is 1.00 bits per heavy atom. The highest BCUT2D eigenvalue weighted by molar-refractivity contribution is 6.04. The minimum atomic E-state index is -4.50. The van der Waals surface area contributed by atoms with Crippen molar-refractivity contribution >= 4 is 11.8 Å². The highest BCUT2D eigenvalue weighted by Gasteiger charge is 2.42. The minimum Gasteiger partial charge on any atom is -0.493 e. The van der Waals surface area contributed by atoms with Gasteiger partial charge in [-0.25, -0.2) is 4.79 Å². The summed E-state index contributed by atoms with van der Waals surface area (Å²) in [6, 6.07) is 10.1. The van der Waals surface area contributed by atoms with Crippen LogP contribution in [0.2, 0.25) is 0 Å². The standard InChI is InChI=1S/C28H28F3NO5/c1-5-37-27(34)24-15(2)32-20-12-18(17-8-11-22(35-3)23(14-17)36-4)13-21(33)26(20)25(24)16-6-9-19(10-7-16)28(29,30)31/h6-11,14,18,25,32H,5,12-13H2,1-4H3. The lowest BCUT2D eigenvalue weighted by Gasteiger charge is -2.36. The summed E-state index contributed by atoms with van der Waals surface area (Å²) in [5.41, 5.74) is 2.25. The zero-order valence-corrected chi connectivity index (χ0v) is 21.0. The number of esters is 1. The van der Waals surface area contributed by atoms with Crippen LogP contribution in [0.25, 0.3) is 0 Å². The first kappa shape index (κ1) is 26.3. The Kier molecular flexibility index (Phi) is 7.34. The van der Waals surface area contributed by atoms with Crippen molar-refractivity contribution in [2.75, 3.05) is 20.8 Å². The maximum atomic E-state index is 13.6. The molecule has 0 radical (unpaired) electrons. The summed E-state index contributed by atoms with van der Waals surface area (Å²) < 4.78 is 55.6. The topological polar surface area (TPSA) is 73.9 Å². The second kappa shape index (κ2) is 10.3. The Balaban J connectivity index is 1.77. The zero-order valence-electron chi connectivity index (χ0n) is 21.0. The molecule has 1 aliphatic carbocycles. The van der Waals surface area contributed by atoms with Crippen molar-refractivity contribution in [3.05, 3.63) is 81.7 Å². The molecule has 0 aromatic heterocycles. The Morgan fingerprint density at radius 3 is 2.24 bits per heavy atom. The van der Waals surface area contributed by atoms with Gasteiger partial charge in [-0.05, 0) is 61.6 Å². The molecule has 6 nitrogen and oxygen atoms in total. The number of nitrogens with one attached hydrogen (secondary N) is 1. The SMILES string of the molecule is CCOC(=O)C1=C(C)NC2=C(C(=O)CC(c3ccc(OC)c(OC)c3)C2)C1c1ccc(C(F)(F)F)cc1. The molecule has 0 saturated heterocycles. The Hall–Kier alpha value is -3.75. The summed E-state index contributed by atoms with van der Waals surface area (Å²) in [7, 11) is 3.08. The molecule has 9 heteroatoms. The normalized spacial score (nSPS) is 19.8. The van der Waals surface area contributed by atoms with E-state index in [0.717, 1.165) is 17.7 Å². The van der Waals surface area contributed by atoms with E-state index in [4.69, 9.17) is 14.2 Å². The number of ether oxygens (including phenoxy) is 3. The number of methoxy groups -OCH3 is 2. The summed E-state index contributed by atoms with van der Waals surface area (Å²) in [4.78, 5) is 26.6. The van der Waals surface area contributed by atoms with E-state index in [1.807, 2.05) is 12.1 Å². The third-order valence-corrected chi connectivity index (χ3v) is 6.77. The number of alkyl halides is 3. The molecule has 0 fully saturated rings. The molecule has 2 aromatic rings. The average molecular weight is 516 g/mol. The van der Waals surface area contributed by atoms with Crippen LogP contribution in [0.15, 0.2) is 65.0 Å². The molecule has 2 aliphatic rings. The lowest BCUT2D eigenvalue weighted by molar-refractivity contribution is -0.139. The van der Waals surface area contributed by atoms with Crippen molar-refractivity contribution < 1.29 is 37.0 Å². The predicted molar refractivity (Wildman–Crippen MR) is 130 cm³/mol. The summed E-state index contributed by atoms with van der Waals surface area (Å²) in [5.74, 6) is -0.678. The van der Waals surface area contributed by atoms with Crippen LogP contribution in [-0.4, -0.2) is 32.6 Å². The second-order valence-corrected chi connectivity index (χ2v) is 8.97. The molecule has 0 spiro atoms. The van der Waals surface area contributed by atoms with Gasteiger partial charge in [0.05, 0.1) is 32.0 Å². The van der Waals surface area contributed by atoms with Gasteiger partial charge in [0.15, 0.2) is 17.3 Å². The lowest BCUT2D eigenvalue weighted by atomic mass is 9.71. The number of ketones is 1. The number of benzene rings is 2. The Bertz CT molecular complexity index is 1280. The van der Waals surface area contributed by atoms with E-state index >= 15 is 0 Å². The van der Waals surface area contributed by atoms with E-state index in [0.29, 0.717) is 40.5 Å². The summed E-state index contributed by atoms with van der Waals surface area (Å²) >= 11 is 0. The van der Waals surface area contributed by atoms with Crippen LogP contribution < -0.4 is 14.8 Å². The van der Waals surface area contributed by atoms with Crippen LogP contribution in [-0.2, 0) is 20.5 Å². The molecule has 1 heterocycles. The molecular weight excluding hydrogens is 487 g/mol. The fourth-order valence-electron chi connectivity index (χ4n) is 5.06. The van der Waals surface area contributed by atoms with Crippen LogP contribution >= 0.6 is 0 Å². The molecule has 1 N–H and O–H groups in total. The van der Waals surface area contributed by atoms with Gasteiger partial charge in [0.1, 0.15) is 0 Å². The summed E-state index contributed by atoms with van der Waals surface area (Å²) in [6.07, 6.45) is -3.86.